The van der Waals surface area contributed by atoms with Gasteiger partial charge in [0.1, 0.15) is 0 Å². The largest absolute Gasteiger partial charge is 0.285 e. The van der Waals surface area contributed by atoms with Gasteiger partial charge in [-0.1, -0.05) is 19.8 Å². The Labute approximate surface area is 90.5 Å². The summed E-state index contributed by atoms with van der Waals surface area (Å²) in [5.74, 6) is 0.672. The summed E-state index contributed by atoms with van der Waals surface area (Å²) in [7, 11) is 0. The number of hydrogen-bond donors (Lipinski definition) is 0. The molecule has 0 heterocycles. The van der Waals surface area contributed by atoms with Crippen LogP contribution in [0.15, 0.2) is 0 Å². The Balaban J connectivity index is 0. The first-order valence-corrected chi connectivity index (χ1v) is 5.78. The van der Waals surface area contributed by atoms with Gasteiger partial charge >= 0.3 is 0 Å². The minimum atomic E-state index is -1.09. The molecule has 0 aromatic carbocycles. The topological polar surface area (TPSA) is 26.3 Å². The Kier molecular flexibility index (Phi) is 9.48. The maximum absolute atomic E-state index is 11.2. The fraction of sp³-hybridized carbons (Fsp3) is 1.00. The molecule has 0 amide bonds. The van der Waals surface area contributed by atoms with Crippen LogP contribution in [0.5, 0.6) is 0 Å². The summed E-state index contributed by atoms with van der Waals surface area (Å²) in [5.41, 5.74) is -0.281. The summed E-state index contributed by atoms with van der Waals surface area (Å²) in [6.45, 7) is 7.90. The van der Waals surface area contributed by atoms with Gasteiger partial charge in [-0.05, 0) is 27.2 Å². The molecule has 0 radical (unpaired) electrons. The molecule has 0 aromatic heterocycles. The van der Waals surface area contributed by atoms with Crippen molar-refractivity contribution < 1.29 is 8.39 Å². The Bertz CT molecular complexity index is 143. The lowest BCUT2D eigenvalue weighted by molar-refractivity contribution is 0.152. The Morgan fingerprint density at radius 2 is 1.77 bits per heavy atom. The lowest BCUT2D eigenvalue weighted by atomic mass is 10.2. The zero-order valence-corrected chi connectivity index (χ0v) is 10.6. The number of rotatable bonds is 5. The molecular weight excluding hydrogens is 208 g/mol. The van der Waals surface area contributed by atoms with Gasteiger partial charge in [-0.25, -0.2) is 4.21 Å². The second kappa shape index (κ2) is 7.77. The normalized spacial score (nSPS) is 13.5. The molecule has 0 saturated carbocycles. The van der Waals surface area contributed by atoms with Gasteiger partial charge in [0, 0.05) is 5.75 Å². The zero-order valence-electron chi connectivity index (χ0n) is 8.96. The molecule has 0 aromatic rings. The highest BCUT2D eigenvalue weighted by Crippen LogP contribution is 2.10. The number of halogens is 1. The molecule has 13 heavy (non-hydrogen) atoms. The van der Waals surface area contributed by atoms with Crippen molar-refractivity contribution in [2.75, 3.05) is 5.75 Å². The number of hydrogen-bond acceptors (Lipinski definition) is 2. The van der Waals surface area contributed by atoms with E-state index in [2.05, 4.69) is 6.92 Å². The standard InChI is InChI=1S/C9H20O2S.ClH/c1-5-6-7-8-12(10)11-9(2,3)4;/h5-8H2,1-4H3;1H. The highest BCUT2D eigenvalue weighted by Gasteiger charge is 2.14. The van der Waals surface area contributed by atoms with Crippen LogP contribution in [0.2, 0.25) is 0 Å². The van der Waals surface area contributed by atoms with Crippen LogP contribution in [-0.2, 0) is 15.3 Å². The van der Waals surface area contributed by atoms with Gasteiger partial charge in [-0.3, -0.25) is 4.18 Å². The van der Waals surface area contributed by atoms with Crippen molar-refractivity contribution in [3.05, 3.63) is 0 Å². The average Bonchev–Trinajstić information content (AvgIpc) is 1.84. The van der Waals surface area contributed by atoms with Gasteiger partial charge in [-0.2, -0.15) is 0 Å². The van der Waals surface area contributed by atoms with Crippen molar-refractivity contribution in [2.45, 2.75) is 52.6 Å². The van der Waals surface area contributed by atoms with Crippen LogP contribution < -0.4 is 0 Å². The minimum absolute atomic E-state index is 0. The van der Waals surface area contributed by atoms with Crippen molar-refractivity contribution in [3.8, 4) is 0 Å². The van der Waals surface area contributed by atoms with E-state index in [0.29, 0.717) is 5.75 Å². The lowest BCUT2D eigenvalue weighted by Gasteiger charge is -2.17. The van der Waals surface area contributed by atoms with Crippen molar-refractivity contribution >= 4 is 23.5 Å². The molecule has 1 unspecified atom stereocenters. The summed E-state index contributed by atoms with van der Waals surface area (Å²) in [6.07, 6.45) is 3.30. The number of unbranched alkanes of at least 4 members (excludes halogenated alkanes) is 2. The molecule has 0 saturated heterocycles. The minimum Gasteiger partial charge on any atom is -0.285 e. The average molecular weight is 229 g/mol. The van der Waals surface area contributed by atoms with Gasteiger partial charge in [0.25, 0.3) is 0 Å². The summed E-state index contributed by atoms with van der Waals surface area (Å²) >= 11 is -1.09. The summed E-state index contributed by atoms with van der Waals surface area (Å²) in [4.78, 5) is 0. The predicted octanol–water partition coefficient (Wildman–Crippen LogP) is 3.08. The Hall–Kier alpha value is 0.400. The molecule has 2 nitrogen and oxygen atoms in total. The van der Waals surface area contributed by atoms with Gasteiger partial charge in [0.05, 0.1) is 5.60 Å². The second-order valence-electron chi connectivity index (χ2n) is 3.91. The Morgan fingerprint density at radius 1 is 1.23 bits per heavy atom. The highest BCUT2D eigenvalue weighted by atomic mass is 35.5. The SMILES string of the molecule is CCCCCS(=O)OC(C)(C)C.Cl. The van der Waals surface area contributed by atoms with Crippen LogP contribution in [0.1, 0.15) is 47.0 Å². The molecule has 0 spiro atoms. The van der Waals surface area contributed by atoms with Crippen LogP contribution in [0.25, 0.3) is 0 Å². The molecule has 0 fully saturated rings. The first-order valence-electron chi connectivity index (χ1n) is 4.53. The maximum Gasteiger partial charge on any atom is 0.155 e. The fourth-order valence-corrected chi connectivity index (χ4v) is 1.87. The molecule has 4 heteroatoms. The highest BCUT2D eigenvalue weighted by molar-refractivity contribution is 7.80. The van der Waals surface area contributed by atoms with Crippen molar-refractivity contribution in [1.29, 1.82) is 0 Å². The molecule has 0 aliphatic carbocycles. The molecule has 0 bridgehead atoms. The third kappa shape index (κ3) is 12.4. The van der Waals surface area contributed by atoms with Gasteiger partial charge < -0.3 is 0 Å². The molecule has 0 aliphatic heterocycles. The van der Waals surface area contributed by atoms with Crippen LogP contribution in [0, 0.1) is 0 Å². The maximum atomic E-state index is 11.2. The van der Waals surface area contributed by atoms with Crippen LogP contribution in [0.4, 0.5) is 0 Å². The van der Waals surface area contributed by atoms with Crippen molar-refractivity contribution in [2.24, 2.45) is 0 Å². The third-order valence-electron chi connectivity index (χ3n) is 1.26. The molecular formula is C9H21ClO2S. The van der Waals surface area contributed by atoms with Gasteiger partial charge in [0.15, 0.2) is 11.1 Å². The van der Waals surface area contributed by atoms with E-state index in [-0.39, 0.29) is 18.0 Å². The smallest absolute Gasteiger partial charge is 0.155 e. The second-order valence-corrected chi connectivity index (χ2v) is 5.09. The summed E-state index contributed by atoms with van der Waals surface area (Å²) < 4.78 is 16.5. The van der Waals surface area contributed by atoms with E-state index in [4.69, 9.17) is 4.18 Å². The lowest BCUT2D eigenvalue weighted by Crippen LogP contribution is -2.21. The van der Waals surface area contributed by atoms with E-state index < -0.39 is 11.1 Å². The van der Waals surface area contributed by atoms with E-state index in [9.17, 15) is 4.21 Å². The van der Waals surface area contributed by atoms with Crippen LogP contribution >= 0.6 is 12.4 Å². The van der Waals surface area contributed by atoms with E-state index in [0.717, 1.165) is 19.3 Å². The molecule has 82 valence electrons. The van der Waals surface area contributed by atoms with Crippen LogP contribution in [0.3, 0.4) is 0 Å². The van der Waals surface area contributed by atoms with E-state index >= 15 is 0 Å². The van der Waals surface area contributed by atoms with E-state index in [1.165, 1.54) is 0 Å². The van der Waals surface area contributed by atoms with Gasteiger partial charge in [0.2, 0.25) is 0 Å². The molecule has 0 N–H and O–H groups in total. The van der Waals surface area contributed by atoms with E-state index in [1.807, 2.05) is 20.8 Å². The fourth-order valence-electron chi connectivity index (χ4n) is 0.790. The van der Waals surface area contributed by atoms with Crippen LogP contribution in [-0.4, -0.2) is 15.6 Å². The van der Waals surface area contributed by atoms with Crippen molar-refractivity contribution in [1.82, 2.24) is 0 Å². The first kappa shape index (κ1) is 15.9. The molecule has 0 aliphatic rings. The summed E-state index contributed by atoms with van der Waals surface area (Å²) in [5, 5.41) is 0. The zero-order chi connectivity index (χ0) is 9.61. The third-order valence-corrected chi connectivity index (χ3v) is 2.57. The molecule has 1 atom stereocenters. The monoisotopic (exact) mass is 228 g/mol. The van der Waals surface area contributed by atoms with Gasteiger partial charge in [-0.15, -0.1) is 12.4 Å². The molecule has 0 rings (SSSR count). The van der Waals surface area contributed by atoms with E-state index in [1.54, 1.807) is 0 Å². The first-order chi connectivity index (χ1) is 5.45. The van der Waals surface area contributed by atoms with Crippen molar-refractivity contribution in [3.63, 3.8) is 0 Å². The Morgan fingerprint density at radius 3 is 2.15 bits per heavy atom. The summed E-state index contributed by atoms with van der Waals surface area (Å²) in [6, 6.07) is 0. The quantitative estimate of drug-likeness (QED) is 0.676. The predicted molar refractivity (Wildman–Crippen MR) is 60.6 cm³/mol.